The first-order valence-electron chi connectivity index (χ1n) is 13.9. The van der Waals surface area contributed by atoms with E-state index in [2.05, 4.69) is 20.8 Å². The van der Waals surface area contributed by atoms with Crippen LogP contribution in [0.25, 0.3) is 0 Å². The Morgan fingerprint density at radius 1 is 1.11 bits per heavy atom. The summed E-state index contributed by atoms with van der Waals surface area (Å²) in [6.07, 6.45) is 5.55. The van der Waals surface area contributed by atoms with Gasteiger partial charge in [0.1, 0.15) is 18.2 Å². The zero-order chi connectivity index (χ0) is 27.7. The van der Waals surface area contributed by atoms with Crippen LogP contribution in [0.4, 0.5) is 0 Å². The summed E-state index contributed by atoms with van der Waals surface area (Å²) in [5, 5.41) is 0. The third-order valence-electron chi connectivity index (χ3n) is 11.6. The van der Waals surface area contributed by atoms with Gasteiger partial charge in [0.2, 0.25) is 0 Å². The Balaban J connectivity index is 1.47. The second kappa shape index (κ2) is 8.98. The molecule has 0 bridgehead atoms. The first kappa shape index (κ1) is 27.5. The van der Waals surface area contributed by atoms with Gasteiger partial charge in [0.05, 0.1) is 4.90 Å². The molecule has 0 aliphatic heterocycles. The monoisotopic (exact) mass is 544 g/mol. The van der Waals surface area contributed by atoms with Gasteiger partial charge in [-0.15, -0.1) is 0 Å². The zero-order valence-electron chi connectivity index (χ0n) is 23.1. The third-order valence-corrected chi connectivity index (χ3v) is 12.9. The number of Topliss-reactive ketones (excluding diaryl/α,β-unsaturated/α-hetero) is 1. The van der Waals surface area contributed by atoms with E-state index in [1.807, 2.05) is 13.8 Å². The van der Waals surface area contributed by atoms with Crippen LogP contribution in [0.1, 0.15) is 78.2 Å². The van der Waals surface area contributed by atoms with Gasteiger partial charge in [0, 0.05) is 23.2 Å². The van der Waals surface area contributed by atoms with Gasteiger partial charge in [-0.2, -0.15) is 8.42 Å². The summed E-state index contributed by atoms with van der Waals surface area (Å²) in [4.78, 5) is 39.0. The van der Waals surface area contributed by atoms with Crippen molar-refractivity contribution in [2.75, 3.05) is 6.61 Å². The Morgan fingerprint density at radius 2 is 1.79 bits per heavy atom. The van der Waals surface area contributed by atoms with E-state index >= 15 is 0 Å². The summed E-state index contributed by atoms with van der Waals surface area (Å²) < 4.78 is 36.7. The molecule has 0 radical (unpaired) electrons. The topological polar surface area (TPSA) is 104 Å². The van der Waals surface area contributed by atoms with Crippen molar-refractivity contribution in [3.8, 4) is 0 Å². The van der Waals surface area contributed by atoms with Gasteiger partial charge in [-0.1, -0.05) is 51.8 Å². The standard InChI is InChI=1S/C30H40O7S/c1-19-7-9-23(10-8-19)38(34,35)36-18-25(32)37-24-17-27(4,13-14-31)26(33)21(3)29-11-6-12-30(29)22(16-29)15-20(2)28(24,30)5/h7-10,14,20-22,24H,6,11-13,15-18H2,1-5H3/t20-,21+,22+,24-,27+,28+,29-,30?/m1/s1. The average molecular weight is 545 g/mol. The molecule has 0 N–H and O–H groups in total. The van der Waals surface area contributed by atoms with Gasteiger partial charge < -0.3 is 9.53 Å². The molecule has 208 valence electrons. The molecule has 8 heteroatoms. The maximum Gasteiger partial charge on any atom is 0.333 e. The molecule has 4 aliphatic rings. The van der Waals surface area contributed by atoms with Crippen molar-refractivity contribution in [1.29, 1.82) is 0 Å². The quantitative estimate of drug-likeness (QED) is 0.269. The maximum absolute atomic E-state index is 14.0. The van der Waals surface area contributed by atoms with Crippen molar-refractivity contribution in [3.63, 3.8) is 0 Å². The Labute approximate surface area is 226 Å². The lowest BCUT2D eigenvalue weighted by molar-refractivity contribution is -0.244. The van der Waals surface area contributed by atoms with Crippen LogP contribution in [-0.2, 0) is 33.4 Å². The lowest BCUT2D eigenvalue weighted by Gasteiger charge is -2.70. The van der Waals surface area contributed by atoms with Gasteiger partial charge in [-0.05, 0) is 73.8 Å². The molecule has 0 heterocycles. The van der Waals surface area contributed by atoms with Crippen LogP contribution in [0.2, 0.25) is 0 Å². The van der Waals surface area contributed by atoms with Crippen molar-refractivity contribution in [1.82, 2.24) is 0 Å². The second-order valence-electron chi connectivity index (χ2n) is 13.0. The molecule has 1 aromatic rings. The number of ketones is 1. The molecule has 5 rings (SSSR count). The summed E-state index contributed by atoms with van der Waals surface area (Å²) in [5.41, 5.74) is -0.686. The van der Waals surface area contributed by atoms with Gasteiger partial charge in [-0.3, -0.25) is 8.98 Å². The number of rotatable bonds is 7. The molecule has 0 saturated heterocycles. The van der Waals surface area contributed by atoms with E-state index in [0.717, 1.165) is 44.0 Å². The number of aldehydes is 1. The summed E-state index contributed by atoms with van der Waals surface area (Å²) in [6, 6.07) is 6.22. The normalized spacial score (nSPS) is 41.9. The highest BCUT2D eigenvalue weighted by Crippen LogP contribution is 2.85. The number of esters is 1. The van der Waals surface area contributed by atoms with Crippen molar-refractivity contribution < 1.29 is 31.7 Å². The van der Waals surface area contributed by atoms with E-state index in [4.69, 9.17) is 8.92 Å². The van der Waals surface area contributed by atoms with Gasteiger partial charge in [0.15, 0.2) is 6.61 Å². The van der Waals surface area contributed by atoms with Crippen molar-refractivity contribution >= 4 is 28.2 Å². The molecular formula is C30H40O7S. The highest BCUT2D eigenvalue weighted by Gasteiger charge is 2.82. The Morgan fingerprint density at radius 3 is 2.45 bits per heavy atom. The number of carbonyl (C=O) groups is 3. The van der Waals surface area contributed by atoms with Crippen LogP contribution in [0.3, 0.4) is 0 Å². The van der Waals surface area contributed by atoms with Crippen molar-refractivity contribution in [3.05, 3.63) is 29.8 Å². The van der Waals surface area contributed by atoms with Crippen LogP contribution in [-0.4, -0.2) is 39.2 Å². The minimum atomic E-state index is -4.14. The molecule has 4 saturated carbocycles. The number of ether oxygens (including phenoxy) is 1. The minimum absolute atomic E-state index is 0.0247. The highest BCUT2D eigenvalue weighted by molar-refractivity contribution is 7.86. The van der Waals surface area contributed by atoms with Crippen LogP contribution >= 0.6 is 0 Å². The first-order chi connectivity index (χ1) is 17.8. The Hall–Kier alpha value is -2.06. The molecule has 7 nitrogen and oxygen atoms in total. The number of carbonyl (C=O) groups excluding carboxylic acids is 3. The highest BCUT2D eigenvalue weighted by atomic mass is 32.2. The van der Waals surface area contributed by atoms with E-state index in [1.54, 1.807) is 12.1 Å². The molecule has 8 atom stereocenters. The molecule has 0 amide bonds. The summed E-state index contributed by atoms with van der Waals surface area (Å²) in [7, 11) is -4.14. The van der Waals surface area contributed by atoms with Crippen molar-refractivity contribution in [2.24, 2.45) is 39.4 Å². The van der Waals surface area contributed by atoms with E-state index < -0.39 is 39.6 Å². The Kier molecular flexibility index (Phi) is 6.50. The number of hydrogen-bond acceptors (Lipinski definition) is 7. The van der Waals surface area contributed by atoms with Gasteiger partial charge in [0.25, 0.3) is 10.1 Å². The maximum atomic E-state index is 14.0. The predicted molar refractivity (Wildman–Crippen MR) is 140 cm³/mol. The second-order valence-corrected chi connectivity index (χ2v) is 14.6. The first-order valence-corrected chi connectivity index (χ1v) is 15.3. The largest absolute Gasteiger partial charge is 0.460 e. The molecule has 0 aromatic heterocycles. The van der Waals surface area contributed by atoms with Crippen LogP contribution in [0, 0.1) is 46.3 Å². The van der Waals surface area contributed by atoms with E-state index in [0.29, 0.717) is 5.92 Å². The van der Waals surface area contributed by atoms with E-state index in [9.17, 15) is 22.8 Å². The number of aryl methyl sites for hydroxylation is 1. The smallest absolute Gasteiger partial charge is 0.333 e. The number of hydrogen-bond donors (Lipinski definition) is 0. The molecular weight excluding hydrogens is 504 g/mol. The molecule has 4 fully saturated rings. The fraction of sp³-hybridized carbons (Fsp3) is 0.700. The summed E-state index contributed by atoms with van der Waals surface area (Å²) in [6.45, 7) is 9.45. The van der Waals surface area contributed by atoms with Crippen LogP contribution in [0.15, 0.2) is 29.2 Å². The lowest BCUT2D eigenvalue weighted by Crippen LogP contribution is -2.68. The third kappa shape index (κ3) is 3.54. The Bertz CT molecular complexity index is 1260. The van der Waals surface area contributed by atoms with Crippen LogP contribution < -0.4 is 0 Å². The van der Waals surface area contributed by atoms with Crippen LogP contribution in [0.5, 0.6) is 0 Å². The molecule has 4 aliphatic carbocycles. The SMILES string of the molecule is Cc1ccc(S(=O)(=O)OCC(=O)O[C@@H]2C[C@](C)(CC=O)C(=O)[C@H](C)[C@]34CCCC35[C@@H](C[C@@H](C)[C@@]25C)C4)cc1. The predicted octanol–water partition coefficient (Wildman–Crippen LogP) is 5.04. The van der Waals surface area contributed by atoms with E-state index in [1.165, 1.54) is 12.1 Å². The average Bonchev–Trinajstić information content (AvgIpc) is 3.25. The summed E-state index contributed by atoms with van der Waals surface area (Å²) in [5.74, 6) is -0.101. The zero-order valence-corrected chi connectivity index (χ0v) is 23.9. The minimum Gasteiger partial charge on any atom is -0.460 e. The fourth-order valence-electron chi connectivity index (χ4n) is 9.68. The number of benzene rings is 1. The molecule has 1 aromatic carbocycles. The fourth-order valence-corrected chi connectivity index (χ4v) is 10.5. The lowest BCUT2D eigenvalue weighted by atomic mass is 9.34. The molecule has 1 unspecified atom stereocenters. The van der Waals surface area contributed by atoms with Gasteiger partial charge in [-0.25, -0.2) is 4.79 Å². The molecule has 1 spiro atoms. The van der Waals surface area contributed by atoms with Crippen molar-refractivity contribution in [2.45, 2.75) is 90.6 Å². The summed E-state index contributed by atoms with van der Waals surface area (Å²) >= 11 is 0. The van der Waals surface area contributed by atoms with Gasteiger partial charge >= 0.3 is 5.97 Å². The molecule has 38 heavy (non-hydrogen) atoms. The van der Waals surface area contributed by atoms with E-state index in [-0.39, 0.29) is 46.2 Å².